The van der Waals surface area contributed by atoms with Crippen molar-refractivity contribution >= 4 is 51.6 Å². The zero-order valence-corrected chi connectivity index (χ0v) is 26.3. The number of benzene rings is 6. The Bertz CT molecular complexity index is 1360. The molecule has 206 valence electrons. The molecule has 0 saturated heterocycles. The van der Waals surface area contributed by atoms with E-state index >= 15 is 4.79 Å². The first-order valence-corrected chi connectivity index (χ1v) is 17.7. The van der Waals surface area contributed by atoms with E-state index in [4.69, 9.17) is 0 Å². The predicted molar refractivity (Wildman–Crippen MR) is 180 cm³/mol. The molecule has 6 rings (SSSR count). The summed E-state index contributed by atoms with van der Waals surface area (Å²) in [7, 11) is -6.58. The van der Waals surface area contributed by atoms with E-state index in [0.29, 0.717) is 5.27 Å². The van der Waals surface area contributed by atoms with Gasteiger partial charge in [-0.05, 0) is 0 Å². The number of hydrogen-bond acceptors (Lipinski definition) is 1. The summed E-state index contributed by atoms with van der Waals surface area (Å²) in [4.78, 5) is 16.4. The molecule has 0 atom stereocenters. The molecule has 0 heterocycles. The van der Waals surface area contributed by atoms with Crippen molar-refractivity contribution < 1.29 is 24.3 Å². The minimum atomic E-state index is -3.29. The van der Waals surface area contributed by atoms with Gasteiger partial charge in [-0.2, -0.15) is 0 Å². The summed E-state index contributed by atoms with van der Waals surface area (Å²) < 4.78 is 0. The molecule has 0 aliphatic carbocycles. The van der Waals surface area contributed by atoms with Crippen LogP contribution in [0.3, 0.4) is 0 Å². The Morgan fingerprint density at radius 3 is 0.585 bits per heavy atom. The quantitative estimate of drug-likeness (QED) is 0.139. The van der Waals surface area contributed by atoms with E-state index in [-0.39, 0.29) is 19.5 Å². The van der Waals surface area contributed by atoms with E-state index < -0.39 is 14.5 Å². The van der Waals surface area contributed by atoms with Gasteiger partial charge in [-0.3, -0.25) is 0 Å². The van der Waals surface area contributed by atoms with E-state index in [9.17, 15) is 0 Å². The van der Waals surface area contributed by atoms with Gasteiger partial charge < -0.3 is 0 Å². The van der Waals surface area contributed by atoms with Crippen LogP contribution in [-0.2, 0) is 19.5 Å². The Labute approximate surface area is 256 Å². The van der Waals surface area contributed by atoms with Gasteiger partial charge in [-0.25, -0.2) is 0 Å². The Morgan fingerprint density at radius 2 is 0.439 bits per heavy atom. The maximum absolute atomic E-state index is 16.4. The van der Waals surface area contributed by atoms with Crippen LogP contribution >= 0.6 is 14.5 Å². The van der Waals surface area contributed by atoms with Gasteiger partial charge in [0.1, 0.15) is 0 Å². The predicted octanol–water partition coefficient (Wildman–Crippen LogP) is 6.29. The summed E-state index contributed by atoms with van der Waals surface area (Å²) in [5.74, 6) is 0. The zero-order valence-electron chi connectivity index (χ0n) is 22.6. The van der Waals surface area contributed by atoms with E-state index in [1.54, 1.807) is 0 Å². The maximum atomic E-state index is 16.4. The monoisotopic (exact) mass is 658 g/mol. The second kappa shape index (κ2) is 13.0. The Morgan fingerprint density at radius 1 is 0.293 bits per heavy atom. The van der Waals surface area contributed by atoms with Crippen molar-refractivity contribution in [3.05, 3.63) is 182 Å². The van der Waals surface area contributed by atoms with Gasteiger partial charge in [0.15, 0.2) is 0 Å². The molecule has 0 aromatic heterocycles. The molecule has 6 aromatic rings. The van der Waals surface area contributed by atoms with E-state index in [0.717, 1.165) is 31.8 Å². The van der Waals surface area contributed by atoms with E-state index in [1.165, 1.54) is 0 Å². The van der Waals surface area contributed by atoms with Crippen molar-refractivity contribution in [2.24, 2.45) is 0 Å². The molecular formula is C37H33OP2Rh. The standard InChI is InChI=1S/C37H32OP2.Rh.H/c38-37(39(31-19-7-1-8-20-31,32-21-9-2-10-22-32)33-23-11-3-12-24-33)40(34-25-13-4-14-26-34,35-27-15-5-16-28-35)36-29-17-6-18-30-36;;/h1-30,39-40H;;. The van der Waals surface area contributed by atoms with Crippen molar-refractivity contribution in [3.63, 3.8) is 0 Å². The van der Waals surface area contributed by atoms with Gasteiger partial charge in [-0.15, -0.1) is 0 Å². The van der Waals surface area contributed by atoms with Crippen LogP contribution in [0.1, 0.15) is 0 Å². The average molecular weight is 659 g/mol. The van der Waals surface area contributed by atoms with Gasteiger partial charge in [0, 0.05) is 0 Å². The fourth-order valence-electron chi connectivity index (χ4n) is 6.20. The van der Waals surface area contributed by atoms with Gasteiger partial charge in [0.2, 0.25) is 0 Å². The molecule has 0 unspecified atom stereocenters. The van der Waals surface area contributed by atoms with Crippen LogP contribution in [0.25, 0.3) is 0 Å². The molecule has 0 amide bonds. The van der Waals surface area contributed by atoms with Gasteiger partial charge >= 0.3 is 258 Å². The molecule has 6 aromatic carbocycles. The normalized spacial score (nSPS) is 12.1. The summed E-state index contributed by atoms with van der Waals surface area (Å²) in [6, 6.07) is 63.2. The second-order valence-electron chi connectivity index (χ2n) is 10.0. The van der Waals surface area contributed by atoms with Crippen molar-refractivity contribution in [1.82, 2.24) is 0 Å². The molecule has 0 spiro atoms. The van der Waals surface area contributed by atoms with Gasteiger partial charge in [-0.1, -0.05) is 0 Å². The summed E-state index contributed by atoms with van der Waals surface area (Å²) in [5.41, 5.74) is 0. The Hall–Kier alpha value is -3.53. The van der Waals surface area contributed by atoms with Crippen LogP contribution in [0, 0.1) is 0 Å². The molecule has 0 aliphatic rings. The second-order valence-corrected chi connectivity index (χ2v) is 17.9. The van der Waals surface area contributed by atoms with E-state index in [1.807, 2.05) is 36.4 Å². The van der Waals surface area contributed by atoms with Crippen molar-refractivity contribution in [2.75, 3.05) is 0 Å². The van der Waals surface area contributed by atoms with Crippen molar-refractivity contribution in [1.29, 1.82) is 0 Å². The number of rotatable bonds is 8. The minimum absolute atomic E-state index is 0. The number of carbonyl (C=O) groups is 1. The molecule has 0 aliphatic heterocycles. The summed E-state index contributed by atoms with van der Waals surface area (Å²) in [6.07, 6.45) is 0. The first kappa shape index (κ1) is 29.0. The Kier molecular flexibility index (Phi) is 9.17. The van der Waals surface area contributed by atoms with Gasteiger partial charge in [0.25, 0.3) is 0 Å². The fraction of sp³-hybridized carbons (Fsp3) is 0. The van der Waals surface area contributed by atoms with Crippen LogP contribution < -0.4 is 31.8 Å². The molecule has 0 bridgehead atoms. The summed E-state index contributed by atoms with van der Waals surface area (Å²) in [5, 5.41) is 7.00. The van der Waals surface area contributed by atoms with Crippen LogP contribution in [0.5, 0.6) is 0 Å². The average Bonchev–Trinajstić information content (AvgIpc) is 3.05. The topological polar surface area (TPSA) is 17.1 Å². The molecule has 0 N–H and O–H groups in total. The Balaban J connectivity index is 0.00000337. The van der Waals surface area contributed by atoms with Crippen molar-refractivity contribution in [3.8, 4) is 0 Å². The SMILES string of the molecule is O=C([PH](c1ccccc1)(c1ccccc1)c1ccccc1)[PH](c1ccccc1)(c1ccccc1)c1ccccc1.[RhH]. The van der Waals surface area contributed by atoms with Crippen LogP contribution in [0.4, 0.5) is 4.79 Å². The van der Waals surface area contributed by atoms with Gasteiger partial charge in [0.05, 0.1) is 0 Å². The molecule has 0 fully saturated rings. The molecule has 4 heteroatoms. The third-order valence-corrected chi connectivity index (χ3v) is 18.7. The van der Waals surface area contributed by atoms with Crippen LogP contribution in [0.2, 0.25) is 0 Å². The molecule has 1 nitrogen and oxygen atoms in total. The zero-order chi connectivity index (χ0) is 27.3. The molecule has 1 radical (unpaired) electrons. The van der Waals surface area contributed by atoms with Crippen LogP contribution in [-0.4, -0.2) is 5.27 Å². The number of hydrogen-bond donors (Lipinski definition) is 0. The van der Waals surface area contributed by atoms with Crippen LogP contribution in [0.15, 0.2) is 182 Å². The van der Waals surface area contributed by atoms with Crippen molar-refractivity contribution in [2.45, 2.75) is 0 Å². The molecule has 41 heavy (non-hydrogen) atoms. The molecule has 0 saturated carbocycles. The third-order valence-electron chi connectivity index (χ3n) is 7.92. The number of carbonyl (C=O) groups excluding carboxylic acids is 1. The van der Waals surface area contributed by atoms with E-state index in [2.05, 4.69) is 146 Å². The first-order valence-electron chi connectivity index (χ1n) is 13.7. The third kappa shape index (κ3) is 5.07. The first-order chi connectivity index (χ1) is 19.8. The summed E-state index contributed by atoms with van der Waals surface area (Å²) >= 11 is 0. The fourth-order valence-corrected chi connectivity index (χ4v) is 18.8. The molecular weight excluding hydrogens is 625 g/mol. The summed E-state index contributed by atoms with van der Waals surface area (Å²) in [6.45, 7) is 0.